The summed E-state index contributed by atoms with van der Waals surface area (Å²) in [5.74, 6) is -0.762. The Balaban J connectivity index is 1.82. The van der Waals surface area contributed by atoms with Crippen molar-refractivity contribution in [2.24, 2.45) is 0 Å². The van der Waals surface area contributed by atoms with E-state index in [1.807, 2.05) is 5.38 Å². The van der Waals surface area contributed by atoms with Crippen LogP contribution in [-0.4, -0.2) is 47.1 Å². The van der Waals surface area contributed by atoms with Gasteiger partial charge in [0.15, 0.2) is 0 Å². The molecule has 1 aliphatic heterocycles. The first-order valence-corrected chi connectivity index (χ1v) is 6.70. The second-order valence-electron chi connectivity index (χ2n) is 4.15. The van der Waals surface area contributed by atoms with Gasteiger partial charge in [-0.3, -0.25) is 9.69 Å². The van der Waals surface area contributed by atoms with Crippen molar-refractivity contribution >= 4 is 17.3 Å². The van der Waals surface area contributed by atoms with Gasteiger partial charge in [0.1, 0.15) is 5.01 Å². The van der Waals surface area contributed by atoms with Crippen molar-refractivity contribution in [3.8, 4) is 0 Å². The maximum absolute atomic E-state index is 10.5. The van der Waals surface area contributed by atoms with E-state index in [4.69, 9.17) is 5.11 Å². The van der Waals surface area contributed by atoms with Crippen LogP contribution in [0.1, 0.15) is 17.1 Å². The van der Waals surface area contributed by atoms with Gasteiger partial charge in [-0.25, -0.2) is 4.98 Å². The zero-order valence-corrected chi connectivity index (χ0v) is 10.5. The number of carbonyl (C=O) groups is 1. The molecule has 1 saturated heterocycles. The SMILES string of the molecule is O=C(O)CCc1csc(CN2CCNCC2)n1. The van der Waals surface area contributed by atoms with Gasteiger partial charge in [-0.15, -0.1) is 11.3 Å². The molecule has 94 valence electrons. The van der Waals surface area contributed by atoms with Crippen LogP contribution in [0, 0.1) is 0 Å². The molecule has 0 radical (unpaired) electrons. The highest BCUT2D eigenvalue weighted by molar-refractivity contribution is 7.09. The lowest BCUT2D eigenvalue weighted by atomic mass is 10.2. The van der Waals surface area contributed by atoms with Crippen LogP contribution in [0.25, 0.3) is 0 Å². The van der Waals surface area contributed by atoms with E-state index in [0.717, 1.165) is 43.4 Å². The lowest BCUT2D eigenvalue weighted by molar-refractivity contribution is -0.136. The Morgan fingerprint density at radius 3 is 3.00 bits per heavy atom. The number of piperazine rings is 1. The average molecular weight is 255 g/mol. The normalized spacial score (nSPS) is 17.2. The zero-order valence-electron chi connectivity index (χ0n) is 9.69. The largest absolute Gasteiger partial charge is 0.481 e. The fraction of sp³-hybridized carbons (Fsp3) is 0.636. The van der Waals surface area contributed by atoms with Crippen molar-refractivity contribution < 1.29 is 9.90 Å². The number of nitrogens with zero attached hydrogens (tertiary/aromatic N) is 2. The summed E-state index contributed by atoms with van der Waals surface area (Å²) in [6.07, 6.45) is 0.699. The highest BCUT2D eigenvalue weighted by Crippen LogP contribution is 2.14. The van der Waals surface area contributed by atoms with Crippen LogP contribution in [0.15, 0.2) is 5.38 Å². The molecule has 2 rings (SSSR count). The van der Waals surface area contributed by atoms with Crippen LogP contribution in [0.4, 0.5) is 0 Å². The summed E-state index contributed by atoms with van der Waals surface area (Å²) in [4.78, 5) is 17.3. The maximum Gasteiger partial charge on any atom is 0.303 e. The molecule has 1 aliphatic rings. The minimum Gasteiger partial charge on any atom is -0.481 e. The number of aromatic nitrogens is 1. The molecule has 0 spiro atoms. The maximum atomic E-state index is 10.5. The van der Waals surface area contributed by atoms with Crippen molar-refractivity contribution in [1.82, 2.24) is 15.2 Å². The van der Waals surface area contributed by atoms with E-state index in [9.17, 15) is 4.79 Å². The topological polar surface area (TPSA) is 65.5 Å². The van der Waals surface area contributed by atoms with Crippen molar-refractivity contribution in [1.29, 1.82) is 0 Å². The Morgan fingerprint density at radius 1 is 1.53 bits per heavy atom. The lowest BCUT2D eigenvalue weighted by Crippen LogP contribution is -2.42. The minimum absolute atomic E-state index is 0.163. The van der Waals surface area contributed by atoms with Gasteiger partial charge >= 0.3 is 5.97 Å². The smallest absolute Gasteiger partial charge is 0.303 e. The quantitative estimate of drug-likeness (QED) is 0.805. The van der Waals surface area contributed by atoms with Crippen LogP contribution >= 0.6 is 11.3 Å². The van der Waals surface area contributed by atoms with E-state index < -0.39 is 5.97 Å². The number of carboxylic acids is 1. The van der Waals surface area contributed by atoms with E-state index in [0.29, 0.717) is 6.42 Å². The van der Waals surface area contributed by atoms with E-state index >= 15 is 0 Å². The molecular weight excluding hydrogens is 238 g/mol. The summed E-state index contributed by atoms with van der Waals surface area (Å²) in [7, 11) is 0. The Bertz CT molecular complexity index is 375. The van der Waals surface area contributed by atoms with Gasteiger partial charge in [0.25, 0.3) is 0 Å². The molecule has 1 fully saturated rings. The summed E-state index contributed by atoms with van der Waals surface area (Å²) in [5.41, 5.74) is 0.905. The molecule has 1 aromatic heterocycles. The number of nitrogens with one attached hydrogen (secondary N) is 1. The summed E-state index contributed by atoms with van der Waals surface area (Å²) in [6, 6.07) is 0. The number of aryl methyl sites for hydroxylation is 1. The molecule has 0 aromatic carbocycles. The first kappa shape index (κ1) is 12.5. The van der Waals surface area contributed by atoms with E-state index in [2.05, 4.69) is 15.2 Å². The highest BCUT2D eigenvalue weighted by atomic mass is 32.1. The van der Waals surface area contributed by atoms with Gasteiger partial charge < -0.3 is 10.4 Å². The molecule has 6 heteroatoms. The first-order valence-electron chi connectivity index (χ1n) is 5.82. The molecule has 0 saturated carbocycles. The molecule has 1 aromatic rings. The molecule has 17 heavy (non-hydrogen) atoms. The molecule has 0 atom stereocenters. The molecule has 2 N–H and O–H groups in total. The van der Waals surface area contributed by atoms with Crippen LogP contribution in [0.2, 0.25) is 0 Å². The predicted molar refractivity (Wildman–Crippen MR) is 66.2 cm³/mol. The predicted octanol–water partition coefficient (Wildman–Crippen LogP) is 0.566. The van der Waals surface area contributed by atoms with Crippen LogP contribution < -0.4 is 5.32 Å². The number of aliphatic carboxylic acids is 1. The van der Waals surface area contributed by atoms with Gasteiger partial charge in [0.05, 0.1) is 18.7 Å². The van der Waals surface area contributed by atoms with Crippen molar-refractivity contribution in [3.63, 3.8) is 0 Å². The second-order valence-corrected chi connectivity index (χ2v) is 5.10. The van der Waals surface area contributed by atoms with Crippen molar-refractivity contribution in [2.75, 3.05) is 26.2 Å². The Morgan fingerprint density at radius 2 is 2.29 bits per heavy atom. The molecule has 5 nitrogen and oxygen atoms in total. The summed E-state index contributed by atoms with van der Waals surface area (Å²) in [5, 5.41) is 15.0. The van der Waals surface area contributed by atoms with Crippen molar-refractivity contribution in [3.05, 3.63) is 16.1 Å². The fourth-order valence-corrected chi connectivity index (χ4v) is 2.70. The van der Waals surface area contributed by atoms with Crippen LogP contribution in [-0.2, 0) is 17.8 Å². The van der Waals surface area contributed by atoms with E-state index in [-0.39, 0.29) is 6.42 Å². The van der Waals surface area contributed by atoms with E-state index in [1.54, 1.807) is 11.3 Å². The van der Waals surface area contributed by atoms with Gasteiger partial charge in [-0.1, -0.05) is 0 Å². The average Bonchev–Trinajstić information content (AvgIpc) is 2.75. The molecule has 0 bridgehead atoms. The number of hydrogen-bond acceptors (Lipinski definition) is 5. The third kappa shape index (κ3) is 4.07. The summed E-state index contributed by atoms with van der Waals surface area (Å²) in [6.45, 7) is 5.09. The van der Waals surface area contributed by atoms with Crippen LogP contribution in [0.3, 0.4) is 0 Å². The molecule has 0 aliphatic carbocycles. The monoisotopic (exact) mass is 255 g/mol. The van der Waals surface area contributed by atoms with E-state index in [1.165, 1.54) is 0 Å². The van der Waals surface area contributed by atoms with Gasteiger partial charge in [0, 0.05) is 38.0 Å². The molecular formula is C11H17N3O2S. The fourth-order valence-electron chi connectivity index (χ4n) is 1.83. The minimum atomic E-state index is -0.762. The number of hydrogen-bond donors (Lipinski definition) is 2. The molecule has 0 unspecified atom stereocenters. The Labute approximate surface area is 104 Å². The third-order valence-electron chi connectivity index (χ3n) is 2.76. The number of carboxylic acid groups (broad SMARTS) is 1. The standard InChI is InChI=1S/C11H17N3O2S/c15-11(16)2-1-9-8-17-10(13-9)7-14-5-3-12-4-6-14/h8,12H,1-7H2,(H,15,16). The third-order valence-corrected chi connectivity index (χ3v) is 3.65. The number of thiazole rings is 1. The van der Waals surface area contributed by atoms with Gasteiger partial charge in [-0.2, -0.15) is 0 Å². The Hall–Kier alpha value is -0.980. The summed E-state index contributed by atoms with van der Waals surface area (Å²) < 4.78 is 0. The Kier molecular flexibility index (Phi) is 4.47. The van der Waals surface area contributed by atoms with Crippen LogP contribution in [0.5, 0.6) is 0 Å². The highest BCUT2D eigenvalue weighted by Gasteiger charge is 2.12. The zero-order chi connectivity index (χ0) is 12.1. The van der Waals surface area contributed by atoms with Gasteiger partial charge in [0.2, 0.25) is 0 Å². The lowest BCUT2D eigenvalue weighted by Gasteiger charge is -2.26. The van der Waals surface area contributed by atoms with Gasteiger partial charge in [-0.05, 0) is 0 Å². The van der Waals surface area contributed by atoms with Crippen molar-refractivity contribution in [2.45, 2.75) is 19.4 Å². The molecule has 2 heterocycles. The molecule has 0 amide bonds. The first-order chi connectivity index (χ1) is 8.24. The summed E-state index contributed by atoms with van der Waals surface area (Å²) >= 11 is 1.63. The second kappa shape index (κ2) is 6.09. The number of rotatable bonds is 5.